The van der Waals surface area contributed by atoms with E-state index < -0.39 is 10.8 Å². The minimum Gasteiger partial charge on any atom is -0.303 e. The fourth-order valence-electron chi connectivity index (χ4n) is 2.91. The van der Waals surface area contributed by atoms with E-state index in [4.69, 9.17) is 0 Å². The summed E-state index contributed by atoms with van der Waals surface area (Å²) >= 11 is 0. The molecule has 1 aromatic heterocycles. The lowest BCUT2D eigenvalue weighted by Gasteiger charge is -2.31. The van der Waals surface area contributed by atoms with E-state index in [9.17, 15) is 4.21 Å². The highest BCUT2D eigenvalue weighted by Gasteiger charge is 2.24. The van der Waals surface area contributed by atoms with Crippen molar-refractivity contribution < 1.29 is 4.21 Å². The zero-order valence-corrected chi connectivity index (χ0v) is 13.5. The smallest absolute Gasteiger partial charge is 0.0561 e. The SMILES string of the molecule is O=S(c1ccccc1)C1CCN(CCc2ccccn2)CC1. The summed E-state index contributed by atoms with van der Waals surface area (Å²) in [5.74, 6) is 0. The molecule has 1 aliphatic rings. The van der Waals surface area contributed by atoms with Crippen molar-refractivity contribution in [3.05, 3.63) is 60.4 Å². The molecule has 1 atom stereocenters. The molecule has 4 heteroatoms. The molecule has 0 saturated carbocycles. The molecule has 1 saturated heterocycles. The minimum absolute atomic E-state index is 0.300. The van der Waals surface area contributed by atoms with E-state index >= 15 is 0 Å². The lowest BCUT2D eigenvalue weighted by molar-refractivity contribution is 0.233. The van der Waals surface area contributed by atoms with E-state index in [1.807, 2.05) is 48.7 Å². The second-order valence-corrected chi connectivity index (χ2v) is 7.46. The largest absolute Gasteiger partial charge is 0.303 e. The maximum absolute atomic E-state index is 12.6. The molecule has 0 spiro atoms. The van der Waals surface area contributed by atoms with E-state index in [1.165, 1.54) is 0 Å². The zero-order chi connectivity index (χ0) is 15.2. The molecule has 2 heterocycles. The third-order valence-corrected chi connectivity index (χ3v) is 6.04. The van der Waals surface area contributed by atoms with Gasteiger partial charge in [0.25, 0.3) is 0 Å². The van der Waals surface area contributed by atoms with Crippen molar-refractivity contribution in [1.29, 1.82) is 0 Å². The molecular formula is C18H22N2OS. The van der Waals surface area contributed by atoms with Crippen molar-refractivity contribution in [3.8, 4) is 0 Å². The van der Waals surface area contributed by atoms with Crippen molar-refractivity contribution >= 4 is 10.8 Å². The summed E-state index contributed by atoms with van der Waals surface area (Å²) in [4.78, 5) is 7.80. The first-order chi connectivity index (χ1) is 10.8. The number of rotatable bonds is 5. The third-order valence-electron chi connectivity index (χ3n) is 4.22. The van der Waals surface area contributed by atoms with Crippen LogP contribution in [0.25, 0.3) is 0 Å². The fourth-order valence-corrected chi connectivity index (χ4v) is 4.36. The van der Waals surface area contributed by atoms with E-state index in [-0.39, 0.29) is 0 Å². The second kappa shape index (κ2) is 7.65. The summed E-state index contributed by atoms with van der Waals surface area (Å²) in [5, 5.41) is 0.300. The van der Waals surface area contributed by atoms with Crippen molar-refractivity contribution in [2.45, 2.75) is 29.4 Å². The first kappa shape index (κ1) is 15.4. The van der Waals surface area contributed by atoms with Crippen molar-refractivity contribution in [2.24, 2.45) is 0 Å². The number of aromatic nitrogens is 1. The summed E-state index contributed by atoms with van der Waals surface area (Å²) in [6.45, 7) is 3.12. The van der Waals surface area contributed by atoms with Crippen molar-refractivity contribution in [3.63, 3.8) is 0 Å². The number of hydrogen-bond donors (Lipinski definition) is 0. The molecule has 0 radical (unpaired) electrons. The first-order valence-corrected chi connectivity index (χ1v) is 9.12. The zero-order valence-electron chi connectivity index (χ0n) is 12.7. The minimum atomic E-state index is -0.864. The summed E-state index contributed by atoms with van der Waals surface area (Å²) in [6.07, 6.45) is 4.88. The summed E-state index contributed by atoms with van der Waals surface area (Å²) < 4.78 is 12.6. The van der Waals surface area contributed by atoms with Gasteiger partial charge in [0.15, 0.2) is 0 Å². The molecule has 3 nitrogen and oxygen atoms in total. The topological polar surface area (TPSA) is 33.2 Å². The highest BCUT2D eigenvalue weighted by atomic mass is 32.2. The van der Waals surface area contributed by atoms with Gasteiger partial charge in [0.2, 0.25) is 0 Å². The van der Waals surface area contributed by atoms with Crippen LogP contribution in [0.3, 0.4) is 0 Å². The van der Waals surface area contributed by atoms with Gasteiger partial charge in [-0.1, -0.05) is 24.3 Å². The van der Waals surface area contributed by atoms with Gasteiger partial charge in [-0.15, -0.1) is 0 Å². The molecule has 0 bridgehead atoms. The fraction of sp³-hybridized carbons (Fsp3) is 0.389. The van der Waals surface area contributed by atoms with Crippen LogP contribution >= 0.6 is 0 Å². The maximum atomic E-state index is 12.6. The predicted octanol–water partition coefficient (Wildman–Crippen LogP) is 2.90. The molecule has 116 valence electrons. The predicted molar refractivity (Wildman–Crippen MR) is 90.3 cm³/mol. The quantitative estimate of drug-likeness (QED) is 0.851. The van der Waals surface area contributed by atoms with E-state index in [2.05, 4.69) is 16.0 Å². The Hall–Kier alpha value is -1.52. The van der Waals surface area contributed by atoms with Crippen LogP contribution in [0.4, 0.5) is 0 Å². The summed E-state index contributed by atoms with van der Waals surface area (Å²) in [7, 11) is -0.864. The average molecular weight is 314 g/mol. The van der Waals surface area contributed by atoms with E-state index in [0.717, 1.165) is 49.5 Å². The van der Waals surface area contributed by atoms with Crippen LogP contribution in [0.5, 0.6) is 0 Å². The molecule has 1 unspecified atom stereocenters. The van der Waals surface area contributed by atoms with Gasteiger partial charge in [-0.2, -0.15) is 0 Å². The highest BCUT2D eigenvalue weighted by molar-refractivity contribution is 7.85. The summed E-state index contributed by atoms with van der Waals surface area (Å²) in [6, 6.07) is 15.9. The van der Waals surface area contributed by atoms with E-state index in [0.29, 0.717) is 5.25 Å². The average Bonchev–Trinajstić information content (AvgIpc) is 2.61. The molecule has 0 amide bonds. The third kappa shape index (κ3) is 4.02. The van der Waals surface area contributed by atoms with Gasteiger partial charge in [0.1, 0.15) is 0 Å². The monoisotopic (exact) mass is 314 g/mol. The Kier molecular flexibility index (Phi) is 5.35. The van der Waals surface area contributed by atoms with E-state index in [1.54, 1.807) is 0 Å². The molecule has 1 aliphatic heterocycles. The Balaban J connectivity index is 1.47. The van der Waals surface area contributed by atoms with Gasteiger partial charge in [-0.05, 0) is 50.2 Å². The Morgan fingerprint density at radius 3 is 2.45 bits per heavy atom. The lowest BCUT2D eigenvalue weighted by atomic mass is 10.1. The number of pyridine rings is 1. The first-order valence-electron chi connectivity index (χ1n) is 7.91. The molecule has 2 aromatic rings. The number of hydrogen-bond acceptors (Lipinski definition) is 3. The number of nitrogens with zero attached hydrogens (tertiary/aromatic N) is 2. The summed E-state index contributed by atoms with van der Waals surface area (Å²) in [5.41, 5.74) is 1.15. The number of likely N-dealkylation sites (tertiary alicyclic amines) is 1. The van der Waals surface area contributed by atoms with Gasteiger partial charge in [0.05, 0.1) is 10.8 Å². The molecule has 1 fully saturated rings. The standard InChI is InChI=1S/C18H22N2OS/c21-22(17-7-2-1-3-8-17)18-10-14-20(15-11-18)13-9-16-6-4-5-12-19-16/h1-8,12,18H,9-11,13-15H2. The Morgan fingerprint density at radius 2 is 1.77 bits per heavy atom. The molecule has 1 aromatic carbocycles. The van der Waals surface area contributed by atoms with Crippen molar-refractivity contribution in [1.82, 2.24) is 9.88 Å². The van der Waals surface area contributed by atoms with Crippen LogP contribution in [-0.4, -0.2) is 39.0 Å². The van der Waals surface area contributed by atoms with Gasteiger partial charge < -0.3 is 4.90 Å². The van der Waals surface area contributed by atoms with Crippen LogP contribution in [0.1, 0.15) is 18.5 Å². The van der Waals surface area contributed by atoms with Gasteiger partial charge >= 0.3 is 0 Å². The highest BCUT2D eigenvalue weighted by Crippen LogP contribution is 2.21. The molecular weight excluding hydrogens is 292 g/mol. The second-order valence-electron chi connectivity index (χ2n) is 5.72. The van der Waals surface area contributed by atoms with Crippen LogP contribution < -0.4 is 0 Å². The molecule has 22 heavy (non-hydrogen) atoms. The normalized spacial score (nSPS) is 18.2. The van der Waals surface area contributed by atoms with Crippen LogP contribution in [0.2, 0.25) is 0 Å². The number of benzene rings is 1. The van der Waals surface area contributed by atoms with Crippen LogP contribution in [0, 0.1) is 0 Å². The number of piperidine rings is 1. The molecule has 0 N–H and O–H groups in total. The molecule has 0 aliphatic carbocycles. The van der Waals surface area contributed by atoms with Crippen LogP contribution in [0.15, 0.2) is 59.6 Å². The Labute approximate surface area is 134 Å². The van der Waals surface area contributed by atoms with Crippen molar-refractivity contribution in [2.75, 3.05) is 19.6 Å². The lowest BCUT2D eigenvalue weighted by Crippen LogP contribution is -2.38. The maximum Gasteiger partial charge on any atom is 0.0561 e. The Morgan fingerprint density at radius 1 is 1.05 bits per heavy atom. The van der Waals surface area contributed by atoms with Gasteiger partial charge in [0, 0.05) is 35.0 Å². The molecule has 3 rings (SSSR count). The van der Waals surface area contributed by atoms with Gasteiger partial charge in [-0.25, -0.2) is 0 Å². The van der Waals surface area contributed by atoms with Crippen LogP contribution in [-0.2, 0) is 17.2 Å². The Bertz CT molecular complexity index is 595. The van der Waals surface area contributed by atoms with Gasteiger partial charge in [-0.3, -0.25) is 9.19 Å².